The normalized spacial score (nSPS) is 15.5. The number of ether oxygens (including phenoxy) is 5. The maximum Gasteiger partial charge on any atom is 0.437 e. The molecule has 1 saturated heterocycles. The van der Waals surface area contributed by atoms with Gasteiger partial charge in [-0.05, 0) is 91.2 Å². The summed E-state index contributed by atoms with van der Waals surface area (Å²) in [5.74, 6) is -0.725. The molecule has 1 atom stereocenters. The van der Waals surface area contributed by atoms with Gasteiger partial charge in [-0.3, -0.25) is 15.6 Å². The number of alkyl carbamates (subject to hydrolysis) is 2. The molecular weight excluding hydrogens is 837 g/mol. The number of nitrogens with zero attached hydrogens (tertiary/aromatic N) is 4. The van der Waals surface area contributed by atoms with Gasteiger partial charge in [-0.25, -0.2) is 28.9 Å². The van der Waals surface area contributed by atoms with Gasteiger partial charge in [0.25, 0.3) is 0 Å². The largest absolute Gasteiger partial charge is 0.462 e. The number of aliphatic hydroxyl groups is 1. The van der Waals surface area contributed by atoms with Crippen LogP contribution < -0.4 is 10.6 Å². The average Bonchev–Trinajstić information content (AvgIpc) is 3.73. The molecule has 4 amide bonds. The molecule has 0 radical (unpaired) electrons. The van der Waals surface area contributed by atoms with Crippen molar-refractivity contribution in [1.29, 1.82) is 0 Å². The molecule has 0 saturated carbocycles. The number of guanidine groups is 2. The third-order valence-electron chi connectivity index (χ3n) is 9.98. The molecule has 65 heavy (non-hydrogen) atoms. The van der Waals surface area contributed by atoms with Gasteiger partial charge >= 0.3 is 30.3 Å². The van der Waals surface area contributed by atoms with E-state index >= 15 is 0 Å². The minimum Gasteiger partial charge on any atom is -0.462 e. The smallest absolute Gasteiger partial charge is 0.437 e. The second kappa shape index (κ2) is 26.1. The van der Waals surface area contributed by atoms with Gasteiger partial charge in [0.15, 0.2) is 0 Å². The number of hydrogen-bond acceptors (Lipinski definition) is 12. The summed E-state index contributed by atoms with van der Waals surface area (Å²) in [5.41, 5.74) is 0.871. The zero-order valence-electron chi connectivity index (χ0n) is 38.9. The van der Waals surface area contributed by atoms with Crippen molar-refractivity contribution in [1.82, 2.24) is 20.4 Å². The van der Waals surface area contributed by atoms with Gasteiger partial charge in [0, 0.05) is 25.4 Å². The van der Waals surface area contributed by atoms with Gasteiger partial charge in [-0.2, -0.15) is 0 Å². The Hall–Kier alpha value is -5.97. The van der Waals surface area contributed by atoms with Crippen molar-refractivity contribution >= 4 is 42.3 Å². The SMILES string of the molecule is CC(C)(C)OC(=O)NC(=NCCCCOC(=O)C1=C2CCCN2/C(=N\C(=O)OCc2ccccc2)N(C(=O)OCc2ccccc2)[C@@H]1CCCCCCCCCO)NC(=O)OC(C)(C)C. The Balaban J connectivity index is 1.56. The molecule has 0 unspecified atom stereocenters. The number of rotatable bonds is 19. The quantitative estimate of drug-likeness (QED) is 0.0397. The van der Waals surface area contributed by atoms with E-state index in [0.717, 1.165) is 49.7 Å². The lowest BCUT2D eigenvalue weighted by atomic mass is 9.94. The van der Waals surface area contributed by atoms with E-state index in [1.54, 1.807) is 46.4 Å². The second-order valence-electron chi connectivity index (χ2n) is 17.8. The minimum absolute atomic E-state index is 0.00519. The molecule has 4 rings (SSSR count). The Kier molecular flexibility index (Phi) is 20.7. The van der Waals surface area contributed by atoms with Crippen LogP contribution >= 0.6 is 0 Å². The molecule has 17 nitrogen and oxygen atoms in total. The summed E-state index contributed by atoms with van der Waals surface area (Å²) < 4.78 is 28.0. The van der Waals surface area contributed by atoms with E-state index in [0.29, 0.717) is 56.3 Å². The van der Waals surface area contributed by atoms with E-state index in [1.165, 1.54) is 4.90 Å². The minimum atomic E-state index is -0.892. The Morgan fingerprint density at radius 2 is 1.26 bits per heavy atom. The van der Waals surface area contributed by atoms with E-state index < -0.39 is 47.6 Å². The molecule has 2 heterocycles. The molecule has 2 aromatic carbocycles. The summed E-state index contributed by atoms with van der Waals surface area (Å²) in [6.07, 6.45) is 5.05. The maximum atomic E-state index is 14.4. The van der Waals surface area contributed by atoms with Crippen molar-refractivity contribution in [3.8, 4) is 0 Å². The number of allylic oxidation sites excluding steroid dienone is 1. The number of fused-ring (bicyclic) bond motifs is 1. The first-order valence-corrected chi connectivity index (χ1v) is 22.7. The molecule has 0 spiro atoms. The van der Waals surface area contributed by atoms with Gasteiger partial charge in [0.2, 0.25) is 11.9 Å². The number of amides is 4. The lowest BCUT2D eigenvalue weighted by Gasteiger charge is -2.41. The summed E-state index contributed by atoms with van der Waals surface area (Å²) in [6.45, 7) is 10.9. The summed E-state index contributed by atoms with van der Waals surface area (Å²) in [6, 6.07) is 17.5. The highest BCUT2D eigenvalue weighted by atomic mass is 16.6. The fraction of sp³-hybridized carbons (Fsp3) is 0.562. The van der Waals surface area contributed by atoms with Crippen LogP contribution in [0.4, 0.5) is 19.2 Å². The number of esters is 1. The molecule has 2 aliphatic heterocycles. The third-order valence-corrected chi connectivity index (χ3v) is 9.98. The van der Waals surface area contributed by atoms with Crippen LogP contribution in [0.15, 0.2) is 81.9 Å². The van der Waals surface area contributed by atoms with Crippen molar-refractivity contribution in [3.63, 3.8) is 0 Å². The van der Waals surface area contributed by atoms with Crippen molar-refractivity contribution < 1.29 is 52.8 Å². The monoisotopic (exact) mass is 904 g/mol. The molecule has 0 aliphatic carbocycles. The average molecular weight is 905 g/mol. The highest BCUT2D eigenvalue weighted by Crippen LogP contribution is 2.37. The lowest BCUT2D eigenvalue weighted by molar-refractivity contribution is -0.140. The molecule has 2 aliphatic rings. The molecule has 17 heteroatoms. The van der Waals surface area contributed by atoms with Gasteiger partial charge in [0.1, 0.15) is 24.4 Å². The van der Waals surface area contributed by atoms with Gasteiger partial charge < -0.3 is 33.7 Å². The van der Waals surface area contributed by atoms with Crippen molar-refractivity contribution in [2.45, 2.75) is 149 Å². The fourth-order valence-corrected chi connectivity index (χ4v) is 7.13. The lowest BCUT2D eigenvalue weighted by Crippen LogP contribution is -2.57. The van der Waals surface area contributed by atoms with E-state index in [4.69, 9.17) is 23.7 Å². The highest BCUT2D eigenvalue weighted by Gasteiger charge is 2.47. The van der Waals surface area contributed by atoms with Crippen molar-refractivity contribution in [2.75, 3.05) is 26.3 Å². The van der Waals surface area contributed by atoms with Gasteiger partial charge in [-0.15, -0.1) is 4.99 Å². The zero-order valence-corrected chi connectivity index (χ0v) is 38.9. The first kappa shape index (κ1) is 51.7. The number of carbonyl (C=O) groups excluding carboxylic acids is 5. The molecule has 356 valence electrons. The van der Waals surface area contributed by atoms with E-state index in [1.807, 2.05) is 60.7 Å². The van der Waals surface area contributed by atoms with E-state index in [9.17, 15) is 29.1 Å². The van der Waals surface area contributed by atoms with Crippen LogP contribution in [-0.2, 0) is 41.7 Å². The number of aliphatic imine (C=N–C) groups is 2. The summed E-state index contributed by atoms with van der Waals surface area (Å²) >= 11 is 0. The Morgan fingerprint density at radius 1 is 0.708 bits per heavy atom. The standard InChI is InChI=1S/C48H68N6O11/c1-47(2,3)64-44(58)50-41(51-45(59)65-48(4,5)6)49-29-19-21-32-61-40(56)39-37-28-22-30-53(37)42(52-43(57)62-33-35-23-14-12-15-24-35)54(46(60)63-34-36-25-16-13-17-26-36)38(39)27-18-10-8-7-9-11-20-31-55/h12-17,23-26,38,55H,7-11,18-22,27-34H2,1-6H3,(H2,49,50,51,58,59)/b52-42+/t38-/m1/s1. The predicted molar refractivity (Wildman–Crippen MR) is 245 cm³/mol. The third kappa shape index (κ3) is 18.6. The number of aliphatic hydroxyl groups excluding tert-OH is 1. The van der Waals surface area contributed by atoms with E-state index in [2.05, 4.69) is 20.6 Å². The Labute approximate surface area is 383 Å². The second-order valence-corrected chi connectivity index (χ2v) is 17.8. The zero-order chi connectivity index (χ0) is 47.2. The predicted octanol–water partition coefficient (Wildman–Crippen LogP) is 8.89. The number of hydrogen-bond donors (Lipinski definition) is 3. The summed E-state index contributed by atoms with van der Waals surface area (Å²) in [7, 11) is 0. The number of nitrogens with one attached hydrogen (secondary N) is 2. The number of benzene rings is 2. The summed E-state index contributed by atoms with van der Waals surface area (Å²) in [4.78, 5) is 79.0. The van der Waals surface area contributed by atoms with Crippen molar-refractivity contribution in [3.05, 3.63) is 83.1 Å². The van der Waals surface area contributed by atoms with Crippen molar-refractivity contribution in [2.24, 2.45) is 9.98 Å². The van der Waals surface area contributed by atoms with Crippen LogP contribution in [0.25, 0.3) is 0 Å². The number of carbonyl (C=O) groups is 5. The van der Waals surface area contributed by atoms with Gasteiger partial charge in [0.05, 0.1) is 18.2 Å². The molecule has 0 aromatic heterocycles. The number of unbranched alkanes of at least 4 members (excludes halogenated alkanes) is 7. The molecule has 1 fully saturated rings. The first-order chi connectivity index (χ1) is 31.0. The van der Waals surface area contributed by atoms with Crippen LogP contribution in [0.1, 0.15) is 130 Å². The Morgan fingerprint density at radius 3 is 1.83 bits per heavy atom. The van der Waals surface area contributed by atoms with Crippen LogP contribution in [0.2, 0.25) is 0 Å². The first-order valence-electron chi connectivity index (χ1n) is 22.7. The Bertz CT molecular complexity index is 1930. The molecular formula is C48H68N6O11. The van der Waals surface area contributed by atoms with Crippen LogP contribution in [0.3, 0.4) is 0 Å². The fourth-order valence-electron chi connectivity index (χ4n) is 7.13. The topological polar surface area (TPSA) is 207 Å². The van der Waals surface area contributed by atoms with Crippen LogP contribution in [0, 0.1) is 0 Å². The summed E-state index contributed by atoms with van der Waals surface area (Å²) in [5, 5.41) is 14.1. The molecule has 0 bridgehead atoms. The maximum absolute atomic E-state index is 14.4. The van der Waals surface area contributed by atoms with E-state index in [-0.39, 0.29) is 44.9 Å². The molecule has 2 aromatic rings. The van der Waals surface area contributed by atoms with Crippen LogP contribution in [0.5, 0.6) is 0 Å². The van der Waals surface area contributed by atoms with Crippen LogP contribution in [-0.4, -0.2) is 101 Å². The van der Waals surface area contributed by atoms with Gasteiger partial charge in [-0.1, -0.05) is 99.2 Å². The molecule has 3 N–H and O–H groups in total. The highest BCUT2D eigenvalue weighted by molar-refractivity contribution is 6.05.